The number of para-hydroxylation sites is 1. The van der Waals surface area contributed by atoms with Gasteiger partial charge in [0.1, 0.15) is 22.8 Å². The van der Waals surface area contributed by atoms with Gasteiger partial charge in [0.05, 0.1) is 12.8 Å². The van der Waals surface area contributed by atoms with E-state index in [1.165, 1.54) is 6.08 Å². The lowest BCUT2D eigenvalue weighted by Crippen LogP contribution is -2.54. The van der Waals surface area contributed by atoms with Crippen molar-refractivity contribution in [3.8, 4) is 11.5 Å². The molecule has 8 nitrogen and oxygen atoms in total. The highest BCUT2D eigenvalue weighted by atomic mass is 16.5. The van der Waals surface area contributed by atoms with Gasteiger partial charge in [-0.25, -0.2) is 0 Å². The van der Waals surface area contributed by atoms with E-state index >= 15 is 0 Å². The Labute approximate surface area is 198 Å². The number of benzene rings is 2. The molecule has 2 aliphatic heterocycles. The van der Waals surface area contributed by atoms with Crippen LogP contribution < -0.4 is 20.9 Å². The summed E-state index contributed by atoms with van der Waals surface area (Å²) in [5, 5.41) is 0. The molecule has 8 heteroatoms. The largest absolute Gasteiger partial charge is 0.497 e. The van der Waals surface area contributed by atoms with E-state index in [9.17, 15) is 9.59 Å². The molecule has 1 amide bonds. The van der Waals surface area contributed by atoms with Crippen molar-refractivity contribution in [2.75, 3.05) is 27.2 Å². The van der Waals surface area contributed by atoms with Crippen LogP contribution in [0.15, 0.2) is 77.1 Å². The van der Waals surface area contributed by atoms with Crippen LogP contribution in [0, 0.1) is 0 Å². The number of carbonyl (C=O) groups is 2. The topological polar surface area (TPSA) is 120 Å². The van der Waals surface area contributed by atoms with Gasteiger partial charge >= 0.3 is 0 Å². The van der Waals surface area contributed by atoms with E-state index in [-0.39, 0.29) is 17.4 Å². The van der Waals surface area contributed by atoms with Crippen LogP contribution in [-0.4, -0.2) is 55.2 Å². The molecule has 2 heterocycles. The first-order valence-electron chi connectivity index (χ1n) is 11.0. The number of ketones is 1. The molecule has 1 saturated heterocycles. The maximum atomic E-state index is 13.0. The molecule has 0 saturated carbocycles. The van der Waals surface area contributed by atoms with E-state index in [2.05, 4.69) is 4.99 Å². The second-order valence-electron chi connectivity index (χ2n) is 8.23. The van der Waals surface area contributed by atoms with E-state index in [4.69, 9.17) is 20.9 Å². The fourth-order valence-corrected chi connectivity index (χ4v) is 4.52. The van der Waals surface area contributed by atoms with Crippen LogP contribution in [-0.2, 0) is 4.79 Å². The van der Waals surface area contributed by atoms with Crippen LogP contribution in [0.3, 0.4) is 0 Å². The molecule has 0 unspecified atom stereocenters. The molecule has 4 N–H and O–H groups in total. The molecule has 2 aromatic carbocycles. The predicted octanol–water partition coefficient (Wildman–Crippen LogP) is 2.44. The van der Waals surface area contributed by atoms with Crippen LogP contribution in [0.1, 0.15) is 28.8 Å². The second kappa shape index (κ2) is 9.43. The summed E-state index contributed by atoms with van der Waals surface area (Å²) in [5.41, 5.74) is 14.2. The molecule has 4 rings (SSSR count). The molecular formula is C26H28N4O4. The Morgan fingerprint density at radius 1 is 1.12 bits per heavy atom. The Morgan fingerprint density at radius 3 is 2.41 bits per heavy atom. The molecule has 0 aromatic heterocycles. The molecule has 176 valence electrons. The van der Waals surface area contributed by atoms with Crippen molar-refractivity contribution < 1.29 is 19.1 Å². The molecule has 0 atom stereocenters. The van der Waals surface area contributed by atoms with Gasteiger partial charge in [-0.15, -0.1) is 0 Å². The maximum absolute atomic E-state index is 13.0. The van der Waals surface area contributed by atoms with Crippen LogP contribution in [0.5, 0.6) is 11.5 Å². The van der Waals surface area contributed by atoms with Crippen molar-refractivity contribution in [3.63, 3.8) is 0 Å². The van der Waals surface area contributed by atoms with Gasteiger partial charge in [0.2, 0.25) is 0 Å². The minimum Gasteiger partial charge on any atom is -0.497 e. The summed E-state index contributed by atoms with van der Waals surface area (Å²) in [4.78, 5) is 31.6. The number of allylic oxidation sites excluding steroid dienone is 1. The fourth-order valence-electron chi connectivity index (χ4n) is 4.52. The second-order valence-corrected chi connectivity index (χ2v) is 8.23. The van der Waals surface area contributed by atoms with Crippen molar-refractivity contribution in [2.45, 2.75) is 18.4 Å². The number of nitrogens with zero attached hydrogens (tertiary/aromatic N) is 2. The van der Waals surface area contributed by atoms with Gasteiger partial charge in [-0.1, -0.05) is 12.1 Å². The third-order valence-electron chi connectivity index (χ3n) is 6.35. The van der Waals surface area contributed by atoms with Crippen molar-refractivity contribution >= 4 is 17.4 Å². The van der Waals surface area contributed by atoms with Gasteiger partial charge < -0.3 is 25.8 Å². The molecular weight excluding hydrogens is 432 g/mol. The number of nitrogens with two attached hydrogens (primary N) is 2. The highest BCUT2D eigenvalue weighted by molar-refractivity contribution is 6.16. The van der Waals surface area contributed by atoms with Gasteiger partial charge in [0, 0.05) is 62.0 Å². The summed E-state index contributed by atoms with van der Waals surface area (Å²) in [6.45, 7) is 0.807. The lowest BCUT2D eigenvalue weighted by atomic mass is 9.78. The zero-order chi connectivity index (χ0) is 24.3. The first-order valence-corrected chi connectivity index (χ1v) is 11.0. The molecule has 2 aromatic rings. The minimum atomic E-state index is -0.674. The Kier molecular flexibility index (Phi) is 6.40. The van der Waals surface area contributed by atoms with Gasteiger partial charge in [0.15, 0.2) is 5.78 Å². The highest BCUT2D eigenvalue weighted by Gasteiger charge is 2.46. The smallest absolute Gasteiger partial charge is 0.269 e. The number of rotatable bonds is 4. The van der Waals surface area contributed by atoms with Crippen molar-refractivity contribution in [1.82, 2.24) is 4.90 Å². The molecule has 0 radical (unpaired) electrons. The van der Waals surface area contributed by atoms with E-state index < -0.39 is 5.60 Å². The van der Waals surface area contributed by atoms with Crippen LogP contribution in [0.2, 0.25) is 0 Å². The molecule has 0 aliphatic carbocycles. The third-order valence-corrected chi connectivity index (χ3v) is 6.35. The van der Waals surface area contributed by atoms with E-state index in [0.717, 1.165) is 22.6 Å². The van der Waals surface area contributed by atoms with Crippen LogP contribution in [0.4, 0.5) is 0 Å². The van der Waals surface area contributed by atoms with Gasteiger partial charge in [-0.3, -0.25) is 14.6 Å². The summed E-state index contributed by atoms with van der Waals surface area (Å²) in [7, 11) is 3.29. The number of amides is 1. The van der Waals surface area contributed by atoms with Crippen molar-refractivity contribution in [2.24, 2.45) is 16.5 Å². The van der Waals surface area contributed by atoms with Crippen molar-refractivity contribution in [3.05, 3.63) is 83.2 Å². The number of fused-ring (bicyclic) bond motifs is 1. The summed E-state index contributed by atoms with van der Waals surface area (Å²) in [6, 6.07) is 14.3. The number of hydrogen-bond donors (Lipinski definition) is 2. The van der Waals surface area contributed by atoms with E-state index in [0.29, 0.717) is 37.2 Å². The van der Waals surface area contributed by atoms with Gasteiger partial charge in [-0.2, -0.15) is 0 Å². The Bertz CT molecular complexity index is 1190. The Balaban J connectivity index is 1.49. The average Bonchev–Trinajstić information content (AvgIpc) is 2.87. The first kappa shape index (κ1) is 23.1. The summed E-state index contributed by atoms with van der Waals surface area (Å²) in [5.74, 6) is 0.668. The summed E-state index contributed by atoms with van der Waals surface area (Å²) >= 11 is 0. The third kappa shape index (κ3) is 4.14. The number of ether oxygens (including phenoxy) is 2. The number of methoxy groups -OCH3 is 1. The number of hydrogen-bond acceptors (Lipinski definition) is 7. The highest BCUT2D eigenvalue weighted by Crippen LogP contribution is 2.42. The summed E-state index contributed by atoms with van der Waals surface area (Å²) < 4.78 is 11.6. The molecule has 2 aliphatic rings. The first-order chi connectivity index (χ1) is 16.4. The number of likely N-dealkylation sites (tertiary alicyclic amines) is 1. The monoisotopic (exact) mass is 460 g/mol. The lowest BCUT2D eigenvalue weighted by molar-refractivity contribution is -0.130. The Hall–Kier alpha value is -4.07. The number of piperidine rings is 1. The molecule has 34 heavy (non-hydrogen) atoms. The molecule has 0 bridgehead atoms. The normalized spacial score (nSPS) is 19.6. The minimum absolute atomic E-state index is 0.0999. The SMILES string of the molecule is CN=C1/C(=C\N)C2(CCN(C(=O)/C(N)=C/C(=O)c3ccc(OC)cc3)CC2)Oc2ccccc21. The van der Waals surface area contributed by atoms with E-state index in [1.807, 2.05) is 24.3 Å². The van der Waals surface area contributed by atoms with Crippen LogP contribution in [0.25, 0.3) is 0 Å². The van der Waals surface area contributed by atoms with E-state index in [1.54, 1.807) is 49.5 Å². The van der Waals surface area contributed by atoms with Crippen molar-refractivity contribution in [1.29, 1.82) is 0 Å². The molecule has 1 fully saturated rings. The average molecular weight is 461 g/mol. The number of aliphatic imine (C=N–C) groups is 1. The number of carbonyl (C=O) groups excluding carboxylic acids is 2. The lowest BCUT2D eigenvalue weighted by Gasteiger charge is -2.46. The standard InChI is InChI=1S/C26H28N4O4/c1-29-24-19-5-3-4-6-23(19)34-26(20(24)16-27)11-13-30(14-12-26)25(32)21(28)15-22(31)17-7-9-18(33-2)10-8-17/h3-10,15-16H,11-14,27-28H2,1-2H3/b20-16+,21-15-,29-24?. The zero-order valence-corrected chi connectivity index (χ0v) is 19.3. The molecule has 1 spiro atoms. The van der Waals surface area contributed by atoms with Gasteiger partial charge in [0.25, 0.3) is 5.91 Å². The predicted molar refractivity (Wildman–Crippen MR) is 130 cm³/mol. The Morgan fingerprint density at radius 2 is 1.79 bits per heavy atom. The van der Waals surface area contributed by atoms with Crippen LogP contribution >= 0.6 is 0 Å². The fraction of sp³-hybridized carbons (Fsp3) is 0.269. The quantitative estimate of drug-likeness (QED) is 0.534. The summed E-state index contributed by atoms with van der Waals surface area (Å²) in [6.07, 6.45) is 3.77. The zero-order valence-electron chi connectivity index (χ0n) is 19.3. The maximum Gasteiger partial charge on any atom is 0.269 e. The van der Waals surface area contributed by atoms with Gasteiger partial charge in [-0.05, 0) is 36.4 Å².